The summed E-state index contributed by atoms with van der Waals surface area (Å²) in [5.41, 5.74) is 0.838. The molecule has 7 heteroatoms. The van der Waals surface area contributed by atoms with Crippen LogP contribution < -0.4 is 16.0 Å². The van der Waals surface area contributed by atoms with Crippen LogP contribution in [0.4, 0.5) is 10.5 Å². The van der Waals surface area contributed by atoms with E-state index in [0.29, 0.717) is 22.7 Å². The van der Waals surface area contributed by atoms with Crippen molar-refractivity contribution in [3.05, 3.63) is 28.8 Å². The van der Waals surface area contributed by atoms with Gasteiger partial charge in [-0.05, 0) is 43.9 Å². The van der Waals surface area contributed by atoms with E-state index in [1.807, 2.05) is 6.92 Å². The Hall–Kier alpha value is -1.79. The molecule has 6 nitrogen and oxygen atoms in total. The topological polar surface area (TPSA) is 90.5 Å². The molecule has 4 N–H and O–H groups in total. The number of aliphatic hydroxyl groups excluding tert-OH is 1. The highest BCUT2D eigenvalue weighted by atomic mass is 35.5. The van der Waals surface area contributed by atoms with Gasteiger partial charge in [0, 0.05) is 24.4 Å². The van der Waals surface area contributed by atoms with Crippen LogP contribution in [0.2, 0.25) is 5.02 Å². The van der Waals surface area contributed by atoms with E-state index < -0.39 is 0 Å². The number of rotatable bonds is 7. The van der Waals surface area contributed by atoms with Crippen molar-refractivity contribution in [2.24, 2.45) is 0 Å². The van der Waals surface area contributed by atoms with Crippen molar-refractivity contribution in [1.82, 2.24) is 10.6 Å². The van der Waals surface area contributed by atoms with Crippen molar-refractivity contribution in [3.8, 4) is 0 Å². The molecule has 0 heterocycles. The molecule has 2 rings (SSSR count). The second-order valence-electron chi connectivity index (χ2n) is 5.66. The highest BCUT2D eigenvalue weighted by Gasteiger charge is 2.25. The molecular formula is C16H22ClN3O3. The molecule has 1 fully saturated rings. The first-order valence-electron chi connectivity index (χ1n) is 7.82. The number of benzene rings is 1. The van der Waals surface area contributed by atoms with Crippen LogP contribution in [-0.4, -0.2) is 35.7 Å². The summed E-state index contributed by atoms with van der Waals surface area (Å²) in [6.45, 7) is 1.95. The molecule has 1 atom stereocenters. The lowest BCUT2D eigenvalue weighted by Crippen LogP contribution is -2.38. The largest absolute Gasteiger partial charge is 0.396 e. The molecule has 23 heavy (non-hydrogen) atoms. The Morgan fingerprint density at radius 2 is 2.13 bits per heavy atom. The highest BCUT2D eigenvalue weighted by molar-refractivity contribution is 6.34. The second-order valence-corrected chi connectivity index (χ2v) is 6.07. The van der Waals surface area contributed by atoms with Gasteiger partial charge in [0.05, 0.1) is 10.6 Å². The van der Waals surface area contributed by atoms with E-state index in [-0.39, 0.29) is 30.6 Å². The summed E-state index contributed by atoms with van der Waals surface area (Å²) in [6, 6.07) is 4.56. The summed E-state index contributed by atoms with van der Waals surface area (Å²) < 4.78 is 0. The van der Waals surface area contributed by atoms with E-state index in [9.17, 15) is 9.59 Å². The fourth-order valence-corrected chi connectivity index (χ4v) is 2.36. The monoisotopic (exact) mass is 339 g/mol. The number of carbonyl (C=O) groups is 2. The number of carbonyl (C=O) groups excluding carboxylic acids is 2. The van der Waals surface area contributed by atoms with Crippen LogP contribution in [0.15, 0.2) is 18.2 Å². The fraction of sp³-hybridized carbons (Fsp3) is 0.500. The van der Waals surface area contributed by atoms with Gasteiger partial charge in [0.15, 0.2) is 0 Å². The third-order valence-corrected chi connectivity index (χ3v) is 4.02. The van der Waals surface area contributed by atoms with Crippen LogP contribution in [0.3, 0.4) is 0 Å². The SMILES string of the molecule is CCC(CCO)NC(=O)Nc1ccc(Cl)c(C(=O)NC2CC2)c1. The quantitative estimate of drug-likeness (QED) is 0.615. The van der Waals surface area contributed by atoms with Crippen LogP contribution in [0.1, 0.15) is 43.0 Å². The molecule has 0 aromatic heterocycles. The Kier molecular flexibility index (Phi) is 6.24. The van der Waals surface area contributed by atoms with Crippen molar-refractivity contribution >= 4 is 29.2 Å². The zero-order chi connectivity index (χ0) is 16.8. The van der Waals surface area contributed by atoms with Crippen molar-refractivity contribution in [3.63, 3.8) is 0 Å². The van der Waals surface area contributed by atoms with E-state index in [0.717, 1.165) is 19.3 Å². The minimum Gasteiger partial charge on any atom is -0.396 e. The predicted octanol–water partition coefficient (Wildman–Crippen LogP) is 2.51. The Bertz CT molecular complexity index is 576. The van der Waals surface area contributed by atoms with Gasteiger partial charge in [-0.1, -0.05) is 18.5 Å². The molecule has 1 aliphatic carbocycles. The van der Waals surface area contributed by atoms with Gasteiger partial charge in [0.25, 0.3) is 5.91 Å². The minimum atomic E-state index is -0.374. The molecule has 126 valence electrons. The Balaban J connectivity index is 1.99. The lowest BCUT2D eigenvalue weighted by molar-refractivity contribution is 0.0951. The molecule has 1 unspecified atom stereocenters. The summed E-state index contributed by atoms with van der Waals surface area (Å²) in [7, 11) is 0. The van der Waals surface area contributed by atoms with Gasteiger partial charge in [-0.25, -0.2) is 4.79 Å². The number of hydrogen-bond acceptors (Lipinski definition) is 3. The third kappa shape index (κ3) is 5.41. The Labute approximate surface area is 140 Å². The Morgan fingerprint density at radius 1 is 1.39 bits per heavy atom. The maximum absolute atomic E-state index is 12.1. The number of hydrogen-bond donors (Lipinski definition) is 4. The number of halogens is 1. The van der Waals surface area contributed by atoms with E-state index in [1.165, 1.54) is 0 Å². The number of aliphatic hydroxyl groups is 1. The van der Waals surface area contributed by atoms with Crippen molar-refractivity contribution < 1.29 is 14.7 Å². The number of amides is 3. The van der Waals surface area contributed by atoms with Crippen LogP contribution in [0.5, 0.6) is 0 Å². The maximum Gasteiger partial charge on any atom is 0.319 e. The van der Waals surface area contributed by atoms with Gasteiger partial charge < -0.3 is 21.1 Å². The first kappa shape index (κ1) is 17.6. The fourth-order valence-electron chi connectivity index (χ4n) is 2.15. The van der Waals surface area contributed by atoms with E-state index in [4.69, 9.17) is 16.7 Å². The molecule has 1 aromatic carbocycles. The van der Waals surface area contributed by atoms with E-state index in [1.54, 1.807) is 18.2 Å². The molecule has 0 saturated heterocycles. The molecule has 0 spiro atoms. The number of anilines is 1. The zero-order valence-electron chi connectivity index (χ0n) is 13.1. The van der Waals surface area contributed by atoms with Crippen LogP contribution in [0.25, 0.3) is 0 Å². The second kappa shape index (κ2) is 8.17. The Morgan fingerprint density at radius 3 is 2.74 bits per heavy atom. The standard InChI is InChI=1S/C16H22ClN3O3/c1-2-10(7-8-21)19-16(23)20-12-5-6-14(17)13(9-12)15(22)18-11-3-4-11/h5-6,9-11,21H,2-4,7-8H2,1H3,(H,18,22)(H2,19,20,23). The van der Waals surface area contributed by atoms with Gasteiger partial charge in [-0.3, -0.25) is 4.79 Å². The summed E-state index contributed by atoms with van der Waals surface area (Å²) in [4.78, 5) is 24.1. The van der Waals surface area contributed by atoms with Gasteiger partial charge >= 0.3 is 6.03 Å². The normalized spacial score (nSPS) is 14.9. The molecular weight excluding hydrogens is 318 g/mol. The molecule has 3 amide bonds. The third-order valence-electron chi connectivity index (χ3n) is 3.69. The summed E-state index contributed by atoms with van der Waals surface area (Å²) in [6.07, 6.45) is 3.21. The van der Waals surface area contributed by atoms with Crippen LogP contribution in [-0.2, 0) is 0 Å². The molecule has 1 saturated carbocycles. The van der Waals surface area contributed by atoms with Crippen molar-refractivity contribution in [2.45, 2.75) is 44.7 Å². The molecule has 0 radical (unpaired) electrons. The van der Waals surface area contributed by atoms with Crippen LogP contribution in [0, 0.1) is 0 Å². The summed E-state index contributed by atoms with van der Waals surface area (Å²) in [5.74, 6) is -0.228. The lowest BCUT2D eigenvalue weighted by Gasteiger charge is -2.16. The molecule has 1 aromatic rings. The number of urea groups is 1. The first-order valence-corrected chi connectivity index (χ1v) is 8.20. The van der Waals surface area contributed by atoms with Crippen LogP contribution >= 0.6 is 11.6 Å². The maximum atomic E-state index is 12.1. The van der Waals surface area contributed by atoms with Gasteiger partial charge in [0.2, 0.25) is 0 Å². The van der Waals surface area contributed by atoms with E-state index >= 15 is 0 Å². The summed E-state index contributed by atoms with van der Waals surface area (Å²) >= 11 is 6.06. The van der Waals surface area contributed by atoms with Crippen molar-refractivity contribution in [2.75, 3.05) is 11.9 Å². The smallest absolute Gasteiger partial charge is 0.319 e. The average Bonchev–Trinajstić information content (AvgIpc) is 3.32. The van der Waals surface area contributed by atoms with Gasteiger partial charge in [-0.15, -0.1) is 0 Å². The highest BCUT2D eigenvalue weighted by Crippen LogP contribution is 2.24. The molecule has 1 aliphatic rings. The predicted molar refractivity (Wildman–Crippen MR) is 89.9 cm³/mol. The van der Waals surface area contributed by atoms with Gasteiger partial charge in [-0.2, -0.15) is 0 Å². The minimum absolute atomic E-state index is 0.0191. The zero-order valence-corrected chi connectivity index (χ0v) is 13.8. The first-order chi connectivity index (χ1) is 11.0. The summed E-state index contributed by atoms with van der Waals surface area (Å²) in [5, 5.41) is 17.6. The van der Waals surface area contributed by atoms with Gasteiger partial charge in [0.1, 0.15) is 0 Å². The van der Waals surface area contributed by atoms with E-state index in [2.05, 4.69) is 16.0 Å². The lowest BCUT2D eigenvalue weighted by atomic mass is 10.1. The average molecular weight is 340 g/mol. The molecule has 0 aliphatic heterocycles. The molecule has 0 bridgehead atoms. The van der Waals surface area contributed by atoms with Crippen molar-refractivity contribution in [1.29, 1.82) is 0 Å². The number of nitrogens with one attached hydrogen (secondary N) is 3.